The molecule has 1 unspecified atom stereocenters. The van der Waals surface area contributed by atoms with Crippen LogP contribution in [0, 0.1) is 17.8 Å². The van der Waals surface area contributed by atoms with Crippen molar-refractivity contribution in [3.05, 3.63) is 35.4 Å². The first-order valence-corrected chi connectivity index (χ1v) is 6.19. The molecule has 0 amide bonds. The third-order valence-corrected chi connectivity index (χ3v) is 3.15. The van der Waals surface area contributed by atoms with Crippen molar-refractivity contribution < 1.29 is 5.11 Å². The number of aliphatic hydroxyl groups is 1. The predicted molar refractivity (Wildman–Crippen MR) is 69.5 cm³/mol. The molecule has 0 radical (unpaired) electrons. The molecule has 90 valence electrons. The molecule has 2 rings (SSSR count). The van der Waals surface area contributed by atoms with Crippen LogP contribution < -0.4 is 0 Å². The summed E-state index contributed by atoms with van der Waals surface area (Å²) in [5, 5.41) is 8.67. The van der Waals surface area contributed by atoms with Crippen molar-refractivity contribution in [1.29, 1.82) is 0 Å². The molecule has 2 heteroatoms. The summed E-state index contributed by atoms with van der Waals surface area (Å²) in [5.41, 5.74) is 2.30. The number of nitrogens with zero attached hydrogens (tertiary/aromatic N) is 1. The molecule has 0 aromatic heterocycles. The molecule has 2 nitrogen and oxygen atoms in total. The smallest absolute Gasteiger partial charge is 0.104 e. The fraction of sp³-hybridized carbons (Fsp3) is 0.467. The molecular formula is C15H19NO. The van der Waals surface area contributed by atoms with E-state index in [2.05, 4.69) is 35.8 Å². The van der Waals surface area contributed by atoms with Crippen molar-refractivity contribution in [1.82, 2.24) is 4.90 Å². The Morgan fingerprint density at radius 1 is 1.47 bits per heavy atom. The fourth-order valence-corrected chi connectivity index (χ4v) is 2.32. The van der Waals surface area contributed by atoms with Crippen molar-refractivity contribution in [2.75, 3.05) is 19.7 Å². The van der Waals surface area contributed by atoms with E-state index < -0.39 is 0 Å². The lowest BCUT2D eigenvalue weighted by atomic mass is 10.1. The predicted octanol–water partition coefficient (Wildman–Crippen LogP) is 1.87. The highest BCUT2D eigenvalue weighted by Gasteiger charge is 2.18. The zero-order valence-corrected chi connectivity index (χ0v) is 10.3. The second-order valence-electron chi connectivity index (χ2n) is 4.79. The molecule has 0 spiro atoms. The van der Waals surface area contributed by atoms with Gasteiger partial charge in [0.15, 0.2) is 0 Å². The molecule has 0 bridgehead atoms. The van der Waals surface area contributed by atoms with E-state index in [-0.39, 0.29) is 6.61 Å². The first-order chi connectivity index (χ1) is 8.28. The number of benzene rings is 1. The lowest BCUT2D eigenvalue weighted by Gasteiger charge is -2.15. The topological polar surface area (TPSA) is 23.5 Å². The monoisotopic (exact) mass is 229 g/mol. The maximum absolute atomic E-state index is 8.67. The highest BCUT2D eigenvalue weighted by atomic mass is 16.2. The molecule has 1 saturated heterocycles. The van der Waals surface area contributed by atoms with Gasteiger partial charge in [0, 0.05) is 18.7 Å². The van der Waals surface area contributed by atoms with Crippen LogP contribution >= 0.6 is 0 Å². The van der Waals surface area contributed by atoms with Crippen molar-refractivity contribution in [2.45, 2.75) is 19.9 Å². The zero-order valence-electron chi connectivity index (χ0n) is 10.3. The Morgan fingerprint density at radius 2 is 2.35 bits per heavy atom. The quantitative estimate of drug-likeness (QED) is 0.783. The van der Waals surface area contributed by atoms with E-state index >= 15 is 0 Å². The van der Waals surface area contributed by atoms with Crippen LogP contribution in [0.25, 0.3) is 0 Å². The minimum Gasteiger partial charge on any atom is -0.384 e. The van der Waals surface area contributed by atoms with Gasteiger partial charge in [-0.2, -0.15) is 0 Å². The van der Waals surface area contributed by atoms with E-state index in [4.69, 9.17) is 5.11 Å². The second-order valence-corrected chi connectivity index (χ2v) is 4.79. The van der Waals surface area contributed by atoms with Gasteiger partial charge in [-0.1, -0.05) is 30.9 Å². The first-order valence-electron chi connectivity index (χ1n) is 6.19. The number of rotatable bonds is 2. The summed E-state index contributed by atoms with van der Waals surface area (Å²) in [6.45, 7) is 5.65. The highest BCUT2D eigenvalue weighted by Crippen LogP contribution is 2.18. The van der Waals surface area contributed by atoms with Gasteiger partial charge in [-0.25, -0.2) is 0 Å². The third kappa shape index (κ3) is 3.59. The van der Waals surface area contributed by atoms with Gasteiger partial charge in [0.25, 0.3) is 0 Å². The van der Waals surface area contributed by atoms with Gasteiger partial charge in [-0.3, -0.25) is 4.90 Å². The Bertz CT molecular complexity index is 430. The molecule has 1 aromatic carbocycles. The van der Waals surface area contributed by atoms with Crippen molar-refractivity contribution in [3.8, 4) is 11.8 Å². The zero-order chi connectivity index (χ0) is 12.1. The Hall–Kier alpha value is -1.30. The van der Waals surface area contributed by atoms with Crippen LogP contribution in [-0.2, 0) is 6.54 Å². The number of hydrogen-bond donors (Lipinski definition) is 1. The van der Waals surface area contributed by atoms with Gasteiger partial charge >= 0.3 is 0 Å². The Kier molecular flexibility index (Phi) is 4.19. The Balaban J connectivity index is 2.01. The van der Waals surface area contributed by atoms with Crippen LogP contribution in [0.3, 0.4) is 0 Å². The van der Waals surface area contributed by atoms with E-state index in [0.29, 0.717) is 0 Å². The molecule has 1 aliphatic rings. The van der Waals surface area contributed by atoms with Crippen LogP contribution in [0.4, 0.5) is 0 Å². The molecule has 1 N–H and O–H groups in total. The molecule has 17 heavy (non-hydrogen) atoms. The molecule has 0 saturated carbocycles. The van der Waals surface area contributed by atoms with Crippen molar-refractivity contribution >= 4 is 0 Å². The standard InChI is InChI=1S/C15H19NO/c1-13-7-8-16(11-13)12-15-5-2-4-14(10-15)6-3-9-17/h2,4-5,10,13,17H,7-9,11-12H2,1H3. The van der Waals surface area contributed by atoms with Gasteiger partial charge in [-0.05, 0) is 36.6 Å². The lowest BCUT2D eigenvalue weighted by Crippen LogP contribution is -2.19. The molecule has 0 aliphatic carbocycles. The van der Waals surface area contributed by atoms with Crippen LogP contribution in [0.2, 0.25) is 0 Å². The van der Waals surface area contributed by atoms with Crippen LogP contribution in [0.5, 0.6) is 0 Å². The van der Waals surface area contributed by atoms with Crippen LogP contribution in [0.15, 0.2) is 24.3 Å². The summed E-state index contributed by atoms with van der Waals surface area (Å²) in [6, 6.07) is 8.29. The van der Waals surface area contributed by atoms with Crippen LogP contribution in [0.1, 0.15) is 24.5 Å². The average molecular weight is 229 g/mol. The summed E-state index contributed by atoms with van der Waals surface area (Å²) in [6.07, 6.45) is 1.31. The molecular weight excluding hydrogens is 210 g/mol. The normalized spacial score (nSPS) is 20.0. The minimum absolute atomic E-state index is 0.0755. The van der Waals surface area contributed by atoms with Gasteiger partial charge < -0.3 is 5.11 Å². The lowest BCUT2D eigenvalue weighted by molar-refractivity contribution is 0.320. The van der Waals surface area contributed by atoms with Crippen molar-refractivity contribution in [3.63, 3.8) is 0 Å². The summed E-state index contributed by atoms with van der Waals surface area (Å²) >= 11 is 0. The largest absolute Gasteiger partial charge is 0.384 e. The summed E-state index contributed by atoms with van der Waals surface area (Å²) in [7, 11) is 0. The van der Waals surface area contributed by atoms with Gasteiger partial charge in [0.2, 0.25) is 0 Å². The average Bonchev–Trinajstić information content (AvgIpc) is 2.73. The maximum atomic E-state index is 8.67. The maximum Gasteiger partial charge on any atom is 0.104 e. The molecule has 1 aliphatic heterocycles. The van der Waals surface area contributed by atoms with Gasteiger partial charge in [0.1, 0.15) is 6.61 Å². The number of likely N-dealkylation sites (tertiary alicyclic amines) is 1. The third-order valence-electron chi connectivity index (χ3n) is 3.15. The van der Waals surface area contributed by atoms with E-state index in [1.54, 1.807) is 0 Å². The summed E-state index contributed by atoms with van der Waals surface area (Å²) < 4.78 is 0. The molecule has 1 heterocycles. The van der Waals surface area contributed by atoms with E-state index in [9.17, 15) is 0 Å². The molecule has 1 atom stereocenters. The molecule has 1 aromatic rings. The van der Waals surface area contributed by atoms with Crippen LogP contribution in [-0.4, -0.2) is 29.7 Å². The Labute approximate surface area is 103 Å². The number of aliphatic hydroxyl groups excluding tert-OH is 1. The van der Waals surface area contributed by atoms with E-state index in [0.717, 1.165) is 18.0 Å². The van der Waals surface area contributed by atoms with E-state index in [1.807, 2.05) is 12.1 Å². The second kappa shape index (κ2) is 5.86. The summed E-state index contributed by atoms with van der Waals surface area (Å²) in [4.78, 5) is 2.49. The molecule has 1 fully saturated rings. The van der Waals surface area contributed by atoms with Gasteiger partial charge in [-0.15, -0.1) is 0 Å². The minimum atomic E-state index is -0.0755. The van der Waals surface area contributed by atoms with Gasteiger partial charge in [0.05, 0.1) is 0 Å². The fourth-order valence-electron chi connectivity index (χ4n) is 2.32. The van der Waals surface area contributed by atoms with Crippen molar-refractivity contribution in [2.24, 2.45) is 5.92 Å². The Morgan fingerprint density at radius 3 is 3.06 bits per heavy atom. The number of hydrogen-bond acceptors (Lipinski definition) is 2. The van der Waals surface area contributed by atoms with E-state index in [1.165, 1.54) is 25.1 Å². The SMILES string of the molecule is CC1CCN(Cc2cccc(C#CCO)c2)C1. The highest BCUT2D eigenvalue weighted by molar-refractivity contribution is 5.37. The first kappa shape index (κ1) is 12.2. The summed E-state index contributed by atoms with van der Waals surface area (Å²) in [5.74, 6) is 6.46.